The number of methoxy groups -OCH3 is 1. The second-order valence-corrected chi connectivity index (χ2v) is 3.67. The zero-order valence-corrected chi connectivity index (χ0v) is 10.3. The average Bonchev–Trinajstić information content (AvgIpc) is 2.28. The molecule has 1 unspecified atom stereocenters. The van der Waals surface area contributed by atoms with Crippen LogP contribution in [0.2, 0.25) is 5.28 Å². The Hall–Kier alpha value is -1.47. The van der Waals surface area contributed by atoms with Gasteiger partial charge in [-0.15, -0.1) is 0 Å². The van der Waals surface area contributed by atoms with Crippen molar-refractivity contribution in [1.29, 1.82) is 0 Å². The summed E-state index contributed by atoms with van der Waals surface area (Å²) in [6, 6.07) is -0.0651. The first-order valence-corrected chi connectivity index (χ1v) is 5.38. The topological polar surface area (TPSA) is 90.2 Å². The molecule has 0 saturated heterocycles. The number of anilines is 1. The molecule has 0 saturated carbocycles. The molecule has 0 aliphatic rings. The second kappa shape index (κ2) is 6.31. The van der Waals surface area contributed by atoms with Gasteiger partial charge in [-0.05, 0) is 18.0 Å². The summed E-state index contributed by atoms with van der Waals surface area (Å²) >= 11 is 5.61. The lowest BCUT2D eigenvalue weighted by Gasteiger charge is -2.16. The third-order valence-electron chi connectivity index (χ3n) is 2.14. The highest BCUT2D eigenvalue weighted by molar-refractivity contribution is 6.28. The average molecular weight is 261 g/mol. The van der Waals surface area contributed by atoms with Gasteiger partial charge in [0.05, 0.1) is 17.6 Å². The Kier molecular flexibility index (Phi) is 5.05. The summed E-state index contributed by atoms with van der Waals surface area (Å²) in [5, 5.41) is 13.7. The second-order valence-electron chi connectivity index (χ2n) is 3.33. The van der Waals surface area contributed by atoms with Crippen molar-refractivity contribution in [2.75, 3.05) is 19.0 Å². The molecule has 1 aromatic rings. The molecule has 1 aromatic heterocycles. The molecule has 0 amide bonds. The van der Waals surface area contributed by atoms with Gasteiger partial charge < -0.3 is 10.1 Å². The summed E-state index contributed by atoms with van der Waals surface area (Å²) in [6.45, 7) is 2.36. The molecule has 0 bridgehead atoms. The van der Waals surface area contributed by atoms with Gasteiger partial charge in [-0.1, -0.05) is 6.92 Å². The Morgan fingerprint density at radius 1 is 1.71 bits per heavy atom. The van der Waals surface area contributed by atoms with E-state index in [4.69, 9.17) is 16.3 Å². The summed E-state index contributed by atoms with van der Waals surface area (Å²) in [7, 11) is 1.56. The molecule has 0 aliphatic carbocycles. The lowest BCUT2D eigenvalue weighted by atomic mass is 10.2. The first-order chi connectivity index (χ1) is 8.08. The van der Waals surface area contributed by atoms with Crippen LogP contribution in [-0.4, -0.2) is 34.6 Å². The van der Waals surface area contributed by atoms with E-state index >= 15 is 0 Å². The van der Waals surface area contributed by atoms with E-state index in [0.29, 0.717) is 6.61 Å². The summed E-state index contributed by atoms with van der Waals surface area (Å²) in [5.74, 6) is 0.110. The number of halogens is 1. The SMILES string of the molecule is CCC(COC)Nc1nc(Cl)ncc1[N+](=O)[O-]. The van der Waals surface area contributed by atoms with Gasteiger partial charge in [0.1, 0.15) is 6.20 Å². The minimum absolute atomic E-state index is 0.0367. The van der Waals surface area contributed by atoms with Crippen molar-refractivity contribution >= 4 is 23.1 Å². The van der Waals surface area contributed by atoms with Gasteiger partial charge in [0, 0.05) is 7.11 Å². The van der Waals surface area contributed by atoms with E-state index in [-0.39, 0.29) is 22.8 Å². The van der Waals surface area contributed by atoms with Crippen LogP contribution in [0.1, 0.15) is 13.3 Å². The fourth-order valence-electron chi connectivity index (χ4n) is 1.25. The summed E-state index contributed by atoms with van der Waals surface area (Å²) in [4.78, 5) is 17.6. The Morgan fingerprint density at radius 2 is 2.41 bits per heavy atom. The van der Waals surface area contributed by atoms with E-state index in [1.807, 2.05) is 6.92 Å². The molecule has 0 aromatic carbocycles. The highest BCUT2D eigenvalue weighted by Gasteiger charge is 2.19. The van der Waals surface area contributed by atoms with Crippen molar-refractivity contribution < 1.29 is 9.66 Å². The molecule has 94 valence electrons. The lowest BCUT2D eigenvalue weighted by Crippen LogP contribution is -2.25. The van der Waals surface area contributed by atoms with Crippen LogP contribution in [-0.2, 0) is 4.74 Å². The molecule has 8 heteroatoms. The van der Waals surface area contributed by atoms with Crippen molar-refractivity contribution in [2.24, 2.45) is 0 Å². The van der Waals surface area contributed by atoms with Crippen molar-refractivity contribution in [3.63, 3.8) is 0 Å². The van der Waals surface area contributed by atoms with Crippen LogP contribution in [0, 0.1) is 10.1 Å². The molecular formula is C9H13ClN4O3. The zero-order valence-electron chi connectivity index (χ0n) is 9.51. The summed E-state index contributed by atoms with van der Waals surface area (Å²) in [6.07, 6.45) is 1.82. The number of hydrogen-bond donors (Lipinski definition) is 1. The van der Waals surface area contributed by atoms with E-state index in [0.717, 1.165) is 12.6 Å². The third kappa shape index (κ3) is 3.79. The van der Waals surface area contributed by atoms with E-state index < -0.39 is 4.92 Å². The highest BCUT2D eigenvalue weighted by atomic mass is 35.5. The molecule has 1 N–H and O–H groups in total. The van der Waals surface area contributed by atoms with Gasteiger partial charge in [0.15, 0.2) is 0 Å². The molecule has 0 fully saturated rings. The molecule has 1 heterocycles. The Bertz CT molecular complexity index is 402. The van der Waals surface area contributed by atoms with E-state index in [1.165, 1.54) is 0 Å². The molecule has 17 heavy (non-hydrogen) atoms. The fraction of sp³-hybridized carbons (Fsp3) is 0.556. The van der Waals surface area contributed by atoms with Crippen LogP contribution < -0.4 is 5.32 Å². The summed E-state index contributed by atoms with van der Waals surface area (Å²) in [5.41, 5.74) is -0.205. The lowest BCUT2D eigenvalue weighted by molar-refractivity contribution is -0.384. The maximum absolute atomic E-state index is 10.8. The first kappa shape index (κ1) is 13.6. The normalized spacial score (nSPS) is 12.2. The molecule has 7 nitrogen and oxygen atoms in total. The van der Waals surface area contributed by atoms with E-state index in [1.54, 1.807) is 7.11 Å². The van der Waals surface area contributed by atoms with Crippen molar-refractivity contribution in [2.45, 2.75) is 19.4 Å². The third-order valence-corrected chi connectivity index (χ3v) is 2.32. The largest absolute Gasteiger partial charge is 0.383 e. The fourth-order valence-corrected chi connectivity index (χ4v) is 1.38. The Labute approximate surface area is 103 Å². The highest BCUT2D eigenvalue weighted by Crippen LogP contribution is 2.23. The predicted molar refractivity (Wildman–Crippen MR) is 63.3 cm³/mol. The molecular weight excluding hydrogens is 248 g/mol. The van der Waals surface area contributed by atoms with Gasteiger partial charge in [-0.25, -0.2) is 4.98 Å². The number of nitro groups is 1. The zero-order chi connectivity index (χ0) is 12.8. The number of nitrogens with one attached hydrogen (secondary N) is 1. The molecule has 1 rings (SSSR count). The van der Waals surface area contributed by atoms with Crippen molar-refractivity contribution in [1.82, 2.24) is 9.97 Å². The Balaban J connectivity index is 2.94. The maximum Gasteiger partial charge on any atom is 0.329 e. The van der Waals surface area contributed by atoms with Crippen LogP contribution in [0.4, 0.5) is 11.5 Å². The summed E-state index contributed by atoms with van der Waals surface area (Å²) < 4.78 is 4.99. The molecule has 1 atom stereocenters. The maximum atomic E-state index is 10.8. The Morgan fingerprint density at radius 3 is 2.94 bits per heavy atom. The quantitative estimate of drug-likeness (QED) is 0.477. The minimum Gasteiger partial charge on any atom is -0.383 e. The van der Waals surface area contributed by atoms with E-state index in [9.17, 15) is 10.1 Å². The van der Waals surface area contributed by atoms with Gasteiger partial charge >= 0.3 is 5.69 Å². The van der Waals surface area contributed by atoms with Gasteiger partial charge in [0.25, 0.3) is 0 Å². The standard InChI is InChI=1S/C9H13ClN4O3/c1-3-6(5-17-2)12-8-7(14(15)16)4-11-9(10)13-8/h4,6H,3,5H2,1-2H3,(H,11,12,13). The van der Waals surface area contributed by atoms with Gasteiger partial charge in [0.2, 0.25) is 11.1 Å². The van der Waals surface area contributed by atoms with Crippen LogP contribution >= 0.6 is 11.6 Å². The van der Waals surface area contributed by atoms with Gasteiger partial charge in [-0.3, -0.25) is 10.1 Å². The number of nitrogens with zero attached hydrogens (tertiary/aromatic N) is 3. The predicted octanol–water partition coefficient (Wildman–Crippen LogP) is 1.88. The van der Waals surface area contributed by atoms with Crippen molar-refractivity contribution in [3.05, 3.63) is 21.6 Å². The molecule has 0 radical (unpaired) electrons. The first-order valence-electron chi connectivity index (χ1n) is 5.00. The van der Waals surface area contributed by atoms with Crippen LogP contribution in [0.5, 0.6) is 0 Å². The van der Waals surface area contributed by atoms with Crippen LogP contribution in [0.15, 0.2) is 6.20 Å². The number of rotatable bonds is 6. The number of ether oxygens (including phenoxy) is 1. The van der Waals surface area contributed by atoms with E-state index in [2.05, 4.69) is 15.3 Å². The molecule has 0 spiro atoms. The monoisotopic (exact) mass is 260 g/mol. The molecule has 0 aliphatic heterocycles. The van der Waals surface area contributed by atoms with Crippen LogP contribution in [0.25, 0.3) is 0 Å². The van der Waals surface area contributed by atoms with Gasteiger partial charge in [-0.2, -0.15) is 4.98 Å². The van der Waals surface area contributed by atoms with Crippen molar-refractivity contribution in [3.8, 4) is 0 Å². The number of hydrogen-bond acceptors (Lipinski definition) is 6. The minimum atomic E-state index is -0.557. The van der Waals surface area contributed by atoms with Crippen LogP contribution in [0.3, 0.4) is 0 Å². The number of aromatic nitrogens is 2. The smallest absolute Gasteiger partial charge is 0.329 e.